The molecule has 0 spiro atoms. The van der Waals surface area contributed by atoms with E-state index in [4.69, 9.17) is 0 Å². The average Bonchev–Trinajstić information content (AvgIpc) is 2.70. The number of aliphatic imine (C=N–C) groups is 1. The van der Waals surface area contributed by atoms with Gasteiger partial charge in [-0.3, -0.25) is 9.89 Å². The molecule has 0 heterocycles. The lowest BCUT2D eigenvalue weighted by molar-refractivity contribution is 0.265. The third kappa shape index (κ3) is 8.30. The zero-order chi connectivity index (χ0) is 23.0. The number of rotatable bonds is 9. The van der Waals surface area contributed by atoms with Gasteiger partial charge in [0.15, 0.2) is 15.8 Å². The lowest BCUT2D eigenvalue weighted by Crippen LogP contribution is -2.37. The highest BCUT2D eigenvalue weighted by atomic mass is 32.2. The molecule has 170 valence electrons. The van der Waals surface area contributed by atoms with Crippen LogP contribution in [0, 0.1) is 5.82 Å². The van der Waals surface area contributed by atoms with Crippen molar-refractivity contribution < 1.29 is 12.8 Å². The lowest BCUT2D eigenvalue weighted by Gasteiger charge is -2.23. The van der Waals surface area contributed by atoms with E-state index in [1.165, 1.54) is 35.6 Å². The zero-order valence-electron chi connectivity index (χ0n) is 18.9. The molecular formula is C23H33FN4O2S. The van der Waals surface area contributed by atoms with Crippen molar-refractivity contribution in [3.05, 3.63) is 70.5 Å². The molecule has 0 radical (unpaired) electrons. The van der Waals surface area contributed by atoms with Gasteiger partial charge >= 0.3 is 0 Å². The summed E-state index contributed by atoms with van der Waals surface area (Å²) in [5, 5.41) is 6.44. The van der Waals surface area contributed by atoms with Crippen LogP contribution in [0.3, 0.4) is 0 Å². The minimum atomic E-state index is -3.22. The minimum absolute atomic E-state index is 0.132. The predicted octanol–water partition coefficient (Wildman–Crippen LogP) is 3.08. The van der Waals surface area contributed by atoms with Crippen LogP contribution in [0.2, 0.25) is 0 Å². The Morgan fingerprint density at radius 1 is 1.03 bits per heavy atom. The molecular weight excluding hydrogens is 415 g/mol. The largest absolute Gasteiger partial charge is 0.352 e. The molecule has 0 atom stereocenters. The molecule has 0 amide bonds. The van der Waals surface area contributed by atoms with Gasteiger partial charge in [-0.1, -0.05) is 30.3 Å². The van der Waals surface area contributed by atoms with Gasteiger partial charge in [0, 0.05) is 39.0 Å². The van der Waals surface area contributed by atoms with Crippen LogP contribution in [-0.4, -0.2) is 45.7 Å². The maximum absolute atomic E-state index is 13.7. The number of hydrogen-bond acceptors (Lipinski definition) is 4. The highest BCUT2D eigenvalue weighted by molar-refractivity contribution is 7.89. The summed E-state index contributed by atoms with van der Waals surface area (Å²) in [6, 6.07) is 12.9. The number of sulfone groups is 1. The van der Waals surface area contributed by atoms with E-state index in [9.17, 15) is 12.8 Å². The molecule has 0 fully saturated rings. The zero-order valence-corrected chi connectivity index (χ0v) is 19.8. The van der Waals surface area contributed by atoms with Crippen LogP contribution in [0.5, 0.6) is 0 Å². The van der Waals surface area contributed by atoms with Gasteiger partial charge in [0.2, 0.25) is 0 Å². The number of hydrogen-bond donors (Lipinski definition) is 2. The van der Waals surface area contributed by atoms with Crippen LogP contribution < -0.4 is 10.6 Å². The fourth-order valence-electron chi connectivity index (χ4n) is 3.10. The molecule has 31 heavy (non-hydrogen) atoms. The van der Waals surface area contributed by atoms with Crippen molar-refractivity contribution in [3.63, 3.8) is 0 Å². The maximum Gasteiger partial charge on any atom is 0.191 e. The molecule has 0 aliphatic rings. The Bertz CT molecular complexity index is 1010. The van der Waals surface area contributed by atoms with E-state index in [1.807, 2.05) is 12.1 Å². The van der Waals surface area contributed by atoms with Crippen molar-refractivity contribution >= 4 is 15.8 Å². The standard InChI is InChI=1S/C23H33FN4O2S/c1-17(2)28(4)15-19-9-7-6-8-18(19)13-26-23(25-3)27-14-21-12-22(24)11-10-20(21)16-31(5,29)30/h6-12,17H,13-16H2,1-5H3,(H2,25,26,27). The van der Waals surface area contributed by atoms with Gasteiger partial charge < -0.3 is 10.6 Å². The third-order valence-corrected chi connectivity index (χ3v) is 5.96. The molecule has 0 saturated carbocycles. The Labute approximate surface area is 185 Å². The van der Waals surface area contributed by atoms with Gasteiger partial charge in [-0.2, -0.15) is 0 Å². The summed E-state index contributed by atoms with van der Waals surface area (Å²) in [7, 11) is 0.539. The van der Waals surface area contributed by atoms with Crippen molar-refractivity contribution in [3.8, 4) is 0 Å². The number of benzene rings is 2. The molecule has 0 aliphatic heterocycles. The van der Waals surface area contributed by atoms with Crippen LogP contribution in [0.25, 0.3) is 0 Å². The first kappa shape index (κ1) is 24.8. The monoisotopic (exact) mass is 448 g/mol. The predicted molar refractivity (Wildman–Crippen MR) is 125 cm³/mol. The van der Waals surface area contributed by atoms with Crippen LogP contribution in [-0.2, 0) is 35.2 Å². The summed E-state index contributed by atoms with van der Waals surface area (Å²) in [6.07, 6.45) is 1.17. The smallest absolute Gasteiger partial charge is 0.191 e. The Hall–Kier alpha value is -2.45. The lowest BCUT2D eigenvalue weighted by atomic mass is 10.1. The van der Waals surface area contributed by atoms with Gasteiger partial charge in [-0.15, -0.1) is 0 Å². The summed E-state index contributed by atoms with van der Waals surface area (Å²) in [4.78, 5) is 6.51. The van der Waals surface area contributed by atoms with Crippen LogP contribution >= 0.6 is 0 Å². The summed E-state index contributed by atoms with van der Waals surface area (Å²) in [5.74, 6) is 0.0225. The molecule has 2 rings (SSSR count). The van der Waals surface area contributed by atoms with Gasteiger partial charge in [0.1, 0.15) is 5.82 Å². The third-order valence-electron chi connectivity index (χ3n) is 5.12. The number of nitrogens with zero attached hydrogens (tertiary/aromatic N) is 2. The van der Waals surface area contributed by atoms with Crippen molar-refractivity contribution in [1.82, 2.24) is 15.5 Å². The molecule has 0 bridgehead atoms. The second kappa shape index (κ2) is 11.2. The van der Waals surface area contributed by atoms with Gasteiger partial charge in [0.25, 0.3) is 0 Å². The Morgan fingerprint density at radius 3 is 2.23 bits per heavy atom. The maximum atomic E-state index is 13.7. The van der Waals surface area contributed by atoms with Crippen molar-refractivity contribution in [2.75, 3.05) is 20.4 Å². The molecule has 2 aromatic carbocycles. The van der Waals surface area contributed by atoms with E-state index >= 15 is 0 Å². The normalized spacial score (nSPS) is 12.5. The Balaban J connectivity index is 2.05. The van der Waals surface area contributed by atoms with Crippen molar-refractivity contribution in [2.24, 2.45) is 4.99 Å². The molecule has 0 aromatic heterocycles. The fourth-order valence-corrected chi connectivity index (χ4v) is 3.94. The van der Waals surface area contributed by atoms with Gasteiger partial charge in [0.05, 0.1) is 5.75 Å². The first-order valence-corrected chi connectivity index (χ1v) is 12.3. The van der Waals surface area contributed by atoms with E-state index < -0.39 is 15.7 Å². The van der Waals surface area contributed by atoms with Gasteiger partial charge in [-0.25, -0.2) is 12.8 Å². The highest BCUT2D eigenvalue weighted by Gasteiger charge is 2.12. The van der Waals surface area contributed by atoms with E-state index in [1.54, 1.807) is 7.05 Å². The SMILES string of the molecule is CN=C(NCc1ccccc1CN(C)C(C)C)NCc1cc(F)ccc1CS(C)(=O)=O. The molecule has 2 N–H and O–H groups in total. The van der Waals surface area contributed by atoms with Gasteiger partial charge in [-0.05, 0) is 55.3 Å². The quantitative estimate of drug-likeness (QED) is 0.456. The molecule has 0 saturated heterocycles. The molecule has 6 nitrogen and oxygen atoms in total. The minimum Gasteiger partial charge on any atom is -0.352 e. The summed E-state index contributed by atoms with van der Waals surface area (Å²) >= 11 is 0. The second-order valence-corrected chi connectivity index (χ2v) is 10.2. The highest BCUT2D eigenvalue weighted by Crippen LogP contribution is 2.15. The van der Waals surface area contributed by atoms with E-state index in [2.05, 4.69) is 53.6 Å². The Kier molecular flexibility index (Phi) is 9.00. The topological polar surface area (TPSA) is 73.8 Å². The van der Waals surface area contributed by atoms with Crippen LogP contribution in [0.15, 0.2) is 47.5 Å². The molecule has 2 aromatic rings. The Morgan fingerprint density at radius 2 is 1.65 bits per heavy atom. The van der Waals surface area contributed by atoms with Crippen LogP contribution in [0.4, 0.5) is 4.39 Å². The van der Waals surface area contributed by atoms with E-state index in [0.717, 1.165) is 6.54 Å². The summed E-state index contributed by atoms with van der Waals surface area (Å²) in [6.45, 7) is 6.02. The molecule has 0 unspecified atom stereocenters. The molecule has 0 aliphatic carbocycles. The number of guanidine groups is 1. The summed E-state index contributed by atoms with van der Waals surface area (Å²) < 4.78 is 37.1. The second-order valence-electron chi connectivity index (χ2n) is 8.04. The van der Waals surface area contributed by atoms with E-state index in [0.29, 0.717) is 29.7 Å². The van der Waals surface area contributed by atoms with Crippen molar-refractivity contribution in [1.29, 1.82) is 0 Å². The first-order chi connectivity index (χ1) is 14.6. The first-order valence-electron chi connectivity index (χ1n) is 10.3. The average molecular weight is 449 g/mol. The summed E-state index contributed by atoms with van der Waals surface area (Å²) in [5.41, 5.74) is 3.57. The number of nitrogens with one attached hydrogen (secondary N) is 2. The van der Waals surface area contributed by atoms with Crippen LogP contribution in [0.1, 0.15) is 36.1 Å². The van der Waals surface area contributed by atoms with Crippen molar-refractivity contribution in [2.45, 2.75) is 45.3 Å². The fraction of sp³-hybridized carbons (Fsp3) is 0.435. The number of halogens is 1. The molecule has 8 heteroatoms. The van der Waals surface area contributed by atoms with E-state index in [-0.39, 0.29) is 12.3 Å².